The Bertz CT molecular complexity index is 763. The molecule has 4 amide bonds. The number of urea groups is 1. The molecule has 1 heterocycles. The van der Waals surface area contributed by atoms with Crippen LogP contribution in [0.1, 0.15) is 57.1 Å². The summed E-state index contributed by atoms with van der Waals surface area (Å²) < 4.78 is 0. The lowest BCUT2D eigenvalue weighted by atomic mass is 9.98. The van der Waals surface area contributed by atoms with E-state index in [1.165, 1.54) is 4.90 Å². The van der Waals surface area contributed by atoms with Crippen LogP contribution in [0.25, 0.3) is 0 Å². The third-order valence-corrected chi connectivity index (χ3v) is 5.86. The molecule has 1 aliphatic carbocycles. The smallest absolute Gasteiger partial charge is 0.325 e. The van der Waals surface area contributed by atoms with E-state index in [-0.39, 0.29) is 36.9 Å². The molecule has 1 saturated heterocycles. The molecule has 1 saturated carbocycles. The Kier molecular flexibility index (Phi) is 5.96. The van der Waals surface area contributed by atoms with E-state index in [1.54, 1.807) is 18.2 Å². The molecule has 1 spiro atoms. The van der Waals surface area contributed by atoms with Gasteiger partial charge in [-0.2, -0.15) is 0 Å². The van der Waals surface area contributed by atoms with E-state index in [4.69, 9.17) is 23.2 Å². The van der Waals surface area contributed by atoms with E-state index in [0.29, 0.717) is 29.3 Å². The van der Waals surface area contributed by atoms with Crippen molar-refractivity contribution in [3.8, 4) is 0 Å². The number of carbonyl (C=O) groups is 3. The van der Waals surface area contributed by atoms with Crippen molar-refractivity contribution in [3.05, 3.63) is 33.8 Å². The number of benzene rings is 1. The minimum Gasteiger partial charge on any atom is -0.350 e. The molecule has 2 aliphatic rings. The third kappa shape index (κ3) is 4.22. The summed E-state index contributed by atoms with van der Waals surface area (Å²) in [6, 6.07) is 4.54. The summed E-state index contributed by atoms with van der Waals surface area (Å²) in [5.74, 6) is -0.303. The fourth-order valence-electron chi connectivity index (χ4n) is 3.84. The van der Waals surface area contributed by atoms with Gasteiger partial charge in [-0.1, -0.05) is 42.1 Å². The number of rotatable bonds is 6. The van der Waals surface area contributed by atoms with Crippen LogP contribution in [0, 0.1) is 0 Å². The minimum atomic E-state index is -0.695. The fraction of sp³-hybridized carbons (Fsp3) is 0.526. The molecule has 8 heteroatoms. The summed E-state index contributed by atoms with van der Waals surface area (Å²) in [6.07, 6.45) is 3.95. The van der Waals surface area contributed by atoms with Gasteiger partial charge in [0.2, 0.25) is 5.91 Å². The van der Waals surface area contributed by atoms with Gasteiger partial charge < -0.3 is 10.6 Å². The number of carbonyl (C=O) groups excluding carboxylic acids is 3. The zero-order chi connectivity index (χ0) is 19.6. The van der Waals surface area contributed by atoms with Crippen molar-refractivity contribution in [2.24, 2.45) is 0 Å². The molecule has 27 heavy (non-hydrogen) atoms. The molecule has 0 aromatic heterocycles. The van der Waals surface area contributed by atoms with E-state index >= 15 is 0 Å². The minimum absolute atomic E-state index is 0.147. The Labute approximate surface area is 168 Å². The van der Waals surface area contributed by atoms with Crippen molar-refractivity contribution in [1.29, 1.82) is 0 Å². The van der Waals surface area contributed by atoms with Crippen LogP contribution >= 0.6 is 23.2 Å². The lowest BCUT2D eigenvalue weighted by Crippen LogP contribution is -2.44. The first kappa shape index (κ1) is 20.0. The number of halogens is 2. The van der Waals surface area contributed by atoms with E-state index in [1.807, 2.05) is 6.92 Å². The van der Waals surface area contributed by atoms with Gasteiger partial charge in [0.05, 0.1) is 6.04 Å². The predicted molar refractivity (Wildman–Crippen MR) is 104 cm³/mol. The van der Waals surface area contributed by atoms with E-state index < -0.39 is 5.54 Å². The highest BCUT2D eigenvalue weighted by Gasteiger charge is 2.52. The number of hydrogen-bond donors (Lipinski definition) is 2. The van der Waals surface area contributed by atoms with Crippen LogP contribution in [0.3, 0.4) is 0 Å². The first-order valence-electron chi connectivity index (χ1n) is 9.21. The summed E-state index contributed by atoms with van der Waals surface area (Å²) in [5.41, 5.74) is 0.0887. The van der Waals surface area contributed by atoms with E-state index in [9.17, 15) is 14.4 Å². The molecule has 146 valence electrons. The standard InChI is InChI=1S/C19H23Cl2N3O3/c1-12(14-7-6-13(20)11-15(14)21)22-16(25)5-4-10-24-17(26)19(23-18(24)27)8-2-3-9-19/h6-7,11-12H,2-5,8-10H2,1H3,(H,22,25)(H,23,27). The van der Waals surface area contributed by atoms with Gasteiger partial charge in [0.1, 0.15) is 5.54 Å². The average molecular weight is 412 g/mol. The van der Waals surface area contributed by atoms with Crippen molar-refractivity contribution in [2.75, 3.05) is 6.54 Å². The van der Waals surface area contributed by atoms with Gasteiger partial charge >= 0.3 is 6.03 Å². The molecule has 0 bridgehead atoms. The molecule has 1 aliphatic heterocycles. The monoisotopic (exact) mass is 411 g/mol. The highest BCUT2D eigenvalue weighted by molar-refractivity contribution is 6.35. The Morgan fingerprint density at radius 2 is 2.00 bits per heavy atom. The van der Waals surface area contributed by atoms with Crippen molar-refractivity contribution in [3.63, 3.8) is 0 Å². The van der Waals surface area contributed by atoms with Gasteiger partial charge in [0.15, 0.2) is 0 Å². The maximum atomic E-state index is 12.6. The number of imide groups is 1. The molecule has 1 atom stereocenters. The molecular weight excluding hydrogens is 389 g/mol. The Morgan fingerprint density at radius 1 is 1.30 bits per heavy atom. The molecule has 6 nitrogen and oxygen atoms in total. The van der Waals surface area contributed by atoms with Crippen molar-refractivity contribution in [1.82, 2.24) is 15.5 Å². The molecule has 1 aromatic carbocycles. The van der Waals surface area contributed by atoms with Gasteiger partial charge in [0.25, 0.3) is 5.91 Å². The SMILES string of the molecule is CC(NC(=O)CCCN1C(=O)NC2(CCCC2)C1=O)c1ccc(Cl)cc1Cl. The highest BCUT2D eigenvalue weighted by atomic mass is 35.5. The molecule has 2 N–H and O–H groups in total. The first-order valence-corrected chi connectivity index (χ1v) is 9.96. The van der Waals surface area contributed by atoms with Crippen molar-refractivity contribution < 1.29 is 14.4 Å². The average Bonchev–Trinajstić information content (AvgIpc) is 3.15. The summed E-state index contributed by atoms with van der Waals surface area (Å²) in [5, 5.41) is 6.76. The van der Waals surface area contributed by atoms with Crippen LogP contribution in [0.5, 0.6) is 0 Å². The Balaban J connectivity index is 1.48. The molecule has 1 aromatic rings. The summed E-state index contributed by atoms with van der Waals surface area (Å²) in [7, 11) is 0. The van der Waals surface area contributed by atoms with Crippen LogP contribution in [0.4, 0.5) is 4.79 Å². The summed E-state index contributed by atoms with van der Waals surface area (Å²) in [6.45, 7) is 2.09. The summed E-state index contributed by atoms with van der Waals surface area (Å²) in [4.78, 5) is 38.1. The molecule has 2 fully saturated rings. The van der Waals surface area contributed by atoms with E-state index in [0.717, 1.165) is 18.4 Å². The predicted octanol–water partition coefficient (Wildman–Crippen LogP) is 3.82. The van der Waals surface area contributed by atoms with Gasteiger partial charge in [0, 0.05) is 23.0 Å². The Morgan fingerprint density at radius 3 is 2.67 bits per heavy atom. The van der Waals surface area contributed by atoms with Crippen LogP contribution in [-0.2, 0) is 9.59 Å². The zero-order valence-electron chi connectivity index (χ0n) is 15.2. The van der Waals surface area contributed by atoms with Crippen LogP contribution in [0.15, 0.2) is 18.2 Å². The first-order chi connectivity index (χ1) is 12.8. The number of nitrogens with one attached hydrogen (secondary N) is 2. The second-order valence-corrected chi connectivity index (χ2v) is 8.08. The van der Waals surface area contributed by atoms with Crippen LogP contribution < -0.4 is 10.6 Å². The lowest BCUT2D eigenvalue weighted by Gasteiger charge is -2.20. The normalized spacial score (nSPS) is 19.4. The Hall–Kier alpha value is -1.79. The molecule has 3 rings (SSSR count). The molecule has 1 unspecified atom stereocenters. The summed E-state index contributed by atoms with van der Waals surface area (Å²) >= 11 is 12.1. The van der Waals surface area contributed by atoms with E-state index in [2.05, 4.69) is 10.6 Å². The van der Waals surface area contributed by atoms with Gasteiger partial charge in [-0.05, 0) is 43.9 Å². The van der Waals surface area contributed by atoms with Crippen molar-refractivity contribution >= 4 is 41.0 Å². The third-order valence-electron chi connectivity index (χ3n) is 5.30. The second-order valence-electron chi connectivity index (χ2n) is 7.23. The largest absolute Gasteiger partial charge is 0.350 e. The van der Waals surface area contributed by atoms with Crippen LogP contribution in [-0.4, -0.2) is 34.8 Å². The topological polar surface area (TPSA) is 78.5 Å². The van der Waals surface area contributed by atoms with Gasteiger partial charge in [-0.3, -0.25) is 14.5 Å². The molecular formula is C19H23Cl2N3O3. The van der Waals surface area contributed by atoms with Crippen molar-refractivity contribution in [2.45, 2.75) is 57.0 Å². The van der Waals surface area contributed by atoms with Gasteiger partial charge in [-0.15, -0.1) is 0 Å². The van der Waals surface area contributed by atoms with Crippen LogP contribution in [0.2, 0.25) is 10.0 Å². The lowest BCUT2D eigenvalue weighted by molar-refractivity contribution is -0.131. The maximum Gasteiger partial charge on any atom is 0.325 e. The second kappa shape index (κ2) is 8.07. The highest BCUT2D eigenvalue weighted by Crippen LogP contribution is 2.35. The quantitative estimate of drug-likeness (QED) is 0.698. The fourth-order valence-corrected chi connectivity index (χ4v) is 4.41. The number of nitrogens with zero attached hydrogens (tertiary/aromatic N) is 1. The molecule has 0 radical (unpaired) electrons. The number of hydrogen-bond acceptors (Lipinski definition) is 3. The van der Waals surface area contributed by atoms with Gasteiger partial charge in [-0.25, -0.2) is 4.79 Å². The zero-order valence-corrected chi connectivity index (χ0v) is 16.7. The maximum absolute atomic E-state index is 12.6. The number of amides is 4.